The van der Waals surface area contributed by atoms with E-state index in [1.54, 1.807) is 4.90 Å². The average molecular weight is 329 g/mol. The highest BCUT2D eigenvalue weighted by atomic mass is 19.4. The second kappa shape index (κ2) is 7.34. The molecule has 1 aromatic rings. The molecule has 1 aliphatic carbocycles. The number of amides is 1. The van der Waals surface area contributed by atoms with Crippen LogP contribution in [0.2, 0.25) is 0 Å². The predicted molar refractivity (Wildman–Crippen MR) is 80.6 cm³/mol. The van der Waals surface area contributed by atoms with Gasteiger partial charge in [0.1, 0.15) is 12.7 Å². The van der Waals surface area contributed by atoms with E-state index in [0.29, 0.717) is 12.5 Å². The van der Waals surface area contributed by atoms with Gasteiger partial charge in [0.15, 0.2) is 0 Å². The normalized spacial score (nSPS) is 17.6. The molecular weight excluding hydrogens is 307 g/mol. The fourth-order valence-electron chi connectivity index (χ4n) is 2.56. The number of benzene rings is 1. The maximum atomic E-state index is 12.6. The molecule has 2 rings (SSSR count). The van der Waals surface area contributed by atoms with E-state index >= 15 is 0 Å². The van der Waals surface area contributed by atoms with Crippen molar-refractivity contribution in [1.82, 2.24) is 4.90 Å². The van der Waals surface area contributed by atoms with Crippen molar-refractivity contribution in [3.05, 3.63) is 35.9 Å². The van der Waals surface area contributed by atoms with Crippen molar-refractivity contribution >= 4 is 5.91 Å². The van der Waals surface area contributed by atoms with Crippen LogP contribution < -0.4 is 0 Å². The first-order valence-electron chi connectivity index (χ1n) is 7.80. The summed E-state index contributed by atoms with van der Waals surface area (Å²) >= 11 is 0. The molecular formula is C17H22F3NO2. The van der Waals surface area contributed by atoms with Gasteiger partial charge in [-0.05, 0) is 38.2 Å². The fourth-order valence-corrected chi connectivity index (χ4v) is 2.56. The third-order valence-corrected chi connectivity index (χ3v) is 4.12. The first-order chi connectivity index (χ1) is 10.8. The van der Waals surface area contributed by atoms with Crippen LogP contribution in [-0.2, 0) is 16.1 Å². The number of hydrogen-bond acceptors (Lipinski definition) is 2. The monoisotopic (exact) mass is 329 g/mol. The van der Waals surface area contributed by atoms with Crippen molar-refractivity contribution < 1.29 is 22.7 Å². The second-order valence-electron chi connectivity index (χ2n) is 6.10. The smallest absolute Gasteiger partial charge is 0.359 e. The van der Waals surface area contributed by atoms with Gasteiger partial charge in [-0.15, -0.1) is 0 Å². The Kier molecular flexibility index (Phi) is 5.68. The highest BCUT2D eigenvalue weighted by Gasteiger charge is 2.37. The van der Waals surface area contributed by atoms with Crippen LogP contribution in [0.3, 0.4) is 0 Å². The lowest BCUT2D eigenvalue weighted by Gasteiger charge is -2.32. The molecule has 0 heterocycles. The molecule has 0 N–H and O–H groups in total. The zero-order valence-corrected chi connectivity index (χ0v) is 13.3. The lowest BCUT2D eigenvalue weighted by atomic mass is 10.1. The molecule has 0 spiro atoms. The molecule has 1 aliphatic rings. The number of hydrogen-bond donors (Lipinski definition) is 0. The van der Waals surface area contributed by atoms with Crippen molar-refractivity contribution in [2.75, 3.05) is 6.61 Å². The number of carbonyl (C=O) groups excluding carboxylic acids is 1. The van der Waals surface area contributed by atoms with Crippen molar-refractivity contribution in [2.45, 2.75) is 51.6 Å². The van der Waals surface area contributed by atoms with Crippen LogP contribution in [0, 0.1) is 5.92 Å². The molecule has 0 bridgehead atoms. The minimum Gasteiger partial charge on any atom is -0.359 e. The van der Waals surface area contributed by atoms with Gasteiger partial charge in [-0.25, -0.2) is 0 Å². The van der Waals surface area contributed by atoms with Crippen LogP contribution in [0.1, 0.15) is 32.3 Å². The van der Waals surface area contributed by atoms with Gasteiger partial charge in [-0.3, -0.25) is 4.79 Å². The first kappa shape index (κ1) is 17.8. The third-order valence-electron chi connectivity index (χ3n) is 4.12. The van der Waals surface area contributed by atoms with Gasteiger partial charge < -0.3 is 9.64 Å². The second-order valence-corrected chi connectivity index (χ2v) is 6.10. The topological polar surface area (TPSA) is 29.5 Å². The molecule has 0 radical (unpaired) electrons. The van der Waals surface area contributed by atoms with E-state index in [4.69, 9.17) is 4.74 Å². The molecule has 2 atom stereocenters. The molecule has 6 heteroatoms. The number of alkyl halides is 3. The molecule has 0 aliphatic heterocycles. The summed E-state index contributed by atoms with van der Waals surface area (Å²) in [4.78, 5) is 14.2. The maximum absolute atomic E-state index is 12.6. The fraction of sp³-hybridized carbons (Fsp3) is 0.588. The van der Waals surface area contributed by atoms with E-state index in [2.05, 4.69) is 0 Å². The number of rotatable bonds is 7. The maximum Gasteiger partial charge on any atom is 0.411 e. The van der Waals surface area contributed by atoms with Crippen LogP contribution >= 0.6 is 0 Å². The van der Waals surface area contributed by atoms with Crippen molar-refractivity contribution in [2.24, 2.45) is 5.92 Å². The largest absolute Gasteiger partial charge is 0.411 e. The summed E-state index contributed by atoms with van der Waals surface area (Å²) in [7, 11) is 0. The minimum atomic E-state index is -4.43. The summed E-state index contributed by atoms with van der Waals surface area (Å²) in [5.74, 6) is 0.0370. The zero-order valence-electron chi connectivity index (χ0n) is 13.3. The third kappa shape index (κ3) is 5.53. The minimum absolute atomic E-state index is 0.000331. The van der Waals surface area contributed by atoms with E-state index in [0.717, 1.165) is 18.4 Å². The molecule has 0 saturated heterocycles. The van der Waals surface area contributed by atoms with E-state index in [1.807, 2.05) is 37.3 Å². The summed E-state index contributed by atoms with van der Waals surface area (Å²) < 4.78 is 41.5. The Hall–Kier alpha value is -1.56. The predicted octanol–water partition coefficient (Wildman–Crippen LogP) is 3.78. The first-order valence-corrected chi connectivity index (χ1v) is 7.80. The Morgan fingerprint density at radius 2 is 1.87 bits per heavy atom. The molecule has 23 heavy (non-hydrogen) atoms. The van der Waals surface area contributed by atoms with E-state index in [9.17, 15) is 18.0 Å². The van der Waals surface area contributed by atoms with E-state index < -0.39 is 24.8 Å². The van der Waals surface area contributed by atoms with Gasteiger partial charge in [-0.2, -0.15) is 13.2 Å². The van der Waals surface area contributed by atoms with Crippen LogP contribution in [-0.4, -0.2) is 35.7 Å². The summed E-state index contributed by atoms with van der Waals surface area (Å²) in [6, 6.07) is 9.45. The van der Waals surface area contributed by atoms with Gasteiger partial charge in [0.25, 0.3) is 5.91 Å². The molecule has 1 aromatic carbocycles. The van der Waals surface area contributed by atoms with E-state index in [1.165, 1.54) is 6.92 Å². The Labute approximate surface area is 134 Å². The lowest BCUT2D eigenvalue weighted by Crippen LogP contribution is -2.45. The molecule has 1 saturated carbocycles. The van der Waals surface area contributed by atoms with Crippen molar-refractivity contribution in [1.29, 1.82) is 0 Å². The molecule has 128 valence electrons. The molecule has 0 aromatic heterocycles. The van der Waals surface area contributed by atoms with Gasteiger partial charge >= 0.3 is 6.18 Å². The van der Waals surface area contributed by atoms with Gasteiger partial charge in [0.2, 0.25) is 0 Å². The Morgan fingerprint density at radius 3 is 2.39 bits per heavy atom. The SMILES string of the molecule is CC(OCC(F)(F)F)C(=O)N(Cc1ccccc1)C(C)C1CC1. The highest BCUT2D eigenvalue weighted by molar-refractivity contribution is 5.81. The van der Waals surface area contributed by atoms with Crippen LogP contribution in [0.5, 0.6) is 0 Å². The number of nitrogens with zero attached hydrogens (tertiary/aromatic N) is 1. The lowest BCUT2D eigenvalue weighted by molar-refractivity contribution is -0.189. The number of ether oxygens (including phenoxy) is 1. The Balaban J connectivity index is 2.04. The van der Waals surface area contributed by atoms with Crippen molar-refractivity contribution in [3.63, 3.8) is 0 Å². The van der Waals surface area contributed by atoms with Gasteiger partial charge in [0, 0.05) is 12.6 Å². The summed E-state index contributed by atoms with van der Waals surface area (Å²) in [5.41, 5.74) is 0.955. The Morgan fingerprint density at radius 1 is 1.26 bits per heavy atom. The number of carbonyl (C=O) groups is 1. The summed E-state index contributed by atoms with van der Waals surface area (Å²) in [6.07, 6.45) is -3.43. The van der Waals surface area contributed by atoms with Gasteiger partial charge in [0.05, 0.1) is 0 Å². The molecule has 1 amide bonds. The standard InChI is InChI=1S/C17H22F3NO2/c1-12(15-8-9-15)21(10-14-6-4-3-5-7-14)16(22)13(2)23-11-17(18,19)20/h3-7,12-13,15H,8-11H2,1-2H3. The van der Waals surface area contributed by atoms with Crippen molar-refractivity contribution in [3.8, 4) is 0 Å². The molecule has 3 nitrogen and oxygen atoms in total. The van der Waals surface area contributed by atoms with Crippen LogP contribution in [0.25, 0.3) is 0 Å². The summed E-state index contributed by atoms with van der Waals surface area (Å²) in [6.45, 7) is 2.31. The zero-order chi connectivity index (χ0) is 17.0. The van der Waals surface area contributed by atoms with Gasteiger partial charge in [-0.1, -0.05) is 30.3 Å². The highest BCUT2D eigenvalue weighted by Crippen LogP contribution is 2.36. The van der Waals surface area contributed by atoms with Crippen LogP contribution in [0.4, 0.5) is 13.2 Å². The Bertz CT molecular complexity index is 514. The number of halogens is 3. The molecule has 1 fully saturated rings. The molecule has 2 unspecified atom stereocenters. The van der Waals surface area contributed by atoms with Crippen LogP contribution in [0.15, 0.2) is 30.3 Å². The average Bonchev–Trinajstić information content (AvgIpc) is 3.34. The van der Waals surface area contributed by atoms with E-state index in [-0.39, 0.29) is 6.04 Å². The summed E-state index contributed by atoms with van der Waals surface area (Å²) in [5, 5.41) is 0. The quantitative estimate of drug-likeness (QED) is 0.762.